The summed E-state index contributed by atoms with van der Waals surface area (Å²) in [5, 5.41) is 11.7. The Morgan fingerprint density at radius 3 is 2.62 bits per heavy atom. The fraction of sp³-hybridized carbons (Fsp3) is 0.118. The molecular weight excluding hydrogens is 350 g/mol. The van der Waals surface area contributed by atoms with Gasteiger partial charge in [-0.05, 0) is 36.6 Å². The highest BCUT2D eigenvalue weighted by Gasteiger charge is 2.25. The van der Waals surface area contributed by atoms with E-state index in [0.717, 1.165) is 16.8 Å². The summed E-state index contributed by atoms with van der Waals surface area (Å²) < 4.78 is 8.75. The number of aromatic nitrogens is 6. The van der Waals surface area contributed by atoms with Gasteiger partial charge in [0.2, 0.25) is 6.39 Å². The van der Waals surface area contributed by atoms with Gasteiger partial charge < -0.3 is 4.52 Å². The maximum atomic E-state index is 4.99. The van der Waals surface area contributed by atoms with Crippen LogP contribution in [-0.4, -0.2) is 30.0 Å². The first-order chi connectivity index (χ1) is 12.8. The predicted molar refractivity (Wildman–Crippen MR) is 97.0 cm³/mol. The van der Waals surface area contributed by atoms with E-state index >= 15 is 0 Å². The summed E-state index contributed by atoms with van der Waals surface area (Å²) in [6, 6.07) is 12.1. The number of hydrogen-bond donors (Lipinski definition) is 0. The van der Waals surface area contributed by atoms with Gasteiger partial charge in [0.1, 0.15) is 17.9 Å². The smallest absolute Gasteiger partial charge is 0.213 e. The monoisotopic (exact) mass is 365 g/mol. The van der Waals surface area contributed by atoms with Crippen molar-refractivity contribution < 1.29 is 4.52 Å². The molecule has 4 aromatic rings. The zero-order valence-electron chi connectivity index (χ0n) is 13.9. The first-order valence-corrected chi connectivity index (χ1v) is 8.69. The van der Waals surface area contributed by atoms with E-state index in [1.807, 2.05) is 22.6 Å². The SMILES string of the molecule is Cc1cccc(C(SN(c2ccncc2)n2cnnc2)c2ncon2)c1. The van der Waals surface area contributed by atoms with Crippen LogP contribution >= 0.6 is 11.9 Å². The minimum absolute atomic E-state index is 0.177. The number of rotatable bonds is 6. The van der Waals surface area contributed by atoms with Gasteiger partial charge in [-0.25, -0.2) is 9.09 Å². The normalized spacial score (nSPS) is 12.0. The van der Waals surface area contributed by atoms with Crippen molar-refractivity contribution in [2.75, 3.05) is 4.41 Å². The topological polar surface area (TPSA) is 85.8 Å². The third-order valence-corrected chi connectivity index (χ3v) is 4.96. The third-order valence-electron chi connectivity index (χ3n) is 3.66. The number of nitrogens with zero attached hydrogens (tertiary/aromatic N) is 7. The molecule has 0 radical (unpaired) electrons. The van der Waals surface area contributed by atoms with Crippen LogP contribution in [0.3, 0.4) is 0 Å². The van der Waals surface area contributed by atoms with Crippen LogP contribution in [0.15, 0.2) is 72.4 Å². The van der Waals surface area contributed by atoms with E-state index in [-0.39, 0.29) is 5.25 Å². The molecule has 4 rings (SSSR count). The van der Waals surface area contributed by atoms with Gasteiger partial charge in [-0.15, -0.1) is 10.2 Å². The number of aryl methyl sites for hydroxylation is 1. The Balaban J connectivity index is 1.75. The summed E-state index contributed by atoms with van der Waals surface area (Å²) in [6.45, 7) is 2.06. The summed E-state index contributed by atoms with van der Waals surface area (Å²) in [7, 11) is 0. The lowest BCUT2D eigenvalue weighted by molar-refractivity contribution is 0.411. The fourth-order valence-corrected chi connectivity index (χ4v) is 3.60. The lowest BCUT2D eigenvalue weighted by Gasteiger charge is -2.26. The Morgan fingerprint density at radius 1 is 1.12 bits per heavy atom. The molecule has 1 aromatic carbocycles. The van der Waals surface area contributed by atoms with Gasteiger partial charge in [-0.3, -0.25) is 4.98 Å². The lowest BCUT2D eigenvalue weighted by Crippen LogP contribution is -2.23. The molecule has 3 heterocycles. The van der Waals surface area contributed by atoms with Crippen molar-refractivity contribution in [3.05, 3.63) is 84.8 Å². The summed E-state index contributed by atoms with van der Waals surface area (Å²) >= 11 is 1.52. The average molecular weight is 365 g/mol. The number of anilines is 1. The molecular formula is C17H15N7OS. The zero-order chi connectivity index (χ0) is 17.8. The van der Waals surface area contributed by atoms with Crippen molar-refractivity contribution in [1.29, 1.82) is 0 Å². The van der Waals surface area contributed by atoms with Gasteiger partial charge in [0.05, 0.1) is 5.69 Å². The number of hydrogen-bond acceptors (Lipinski definition) is 8. The second-order valence-corrected chi connectivity index (χ2v) is 6.54. The maximum absolute atomic E-state index is 4.99. The number of pyridine rings is 1. The summed E-state index contributed by atoms with van der Waals surface area (Å²) in [4.78, 5) is 8.36. The average Bonchev–Trinajstić information content (AvgIpc) is 3.37. The van der Waals surface area contributed by atoms with Gasteiger partial charge in [0, 0.05) is 12.4 Å². The predicted octanol–water partition coefficient (Wildman–Crippen LogP) is 3.07. The van der Waals surface area contributed by atoms with Crippen LogP contribution < -0.4 is 4.41 Å². The van der Waals surface area contributed by atoms with Crippen LogP contribution in [0.4, 0.5) is 5.69 Å². The van der Waals surface area contributed by atoms with Crippen LogP contribution in [0, 0.1) is 6.92 Å². The quantitative estimate of drug-likeness (QED) is 0.482. The molecule has 0 bridgehead atoms. The lowest BCUT2D eigenvalue weighted by atomic mass is 10.1. The molecule has 9 heteroatoms. The molecule has 0 N–H and O–H groups in total. The molecule has 0 spiro atoms. The standard InChI is InChI=1S/C17H15N7OS/c1-13-3-2-4-14(9-13)16(17-19-12-25-22-17)26-24(23-10-20-21-11-23)15-5-7-18-8-6-15/h2-12,16H,1H3. The Bertz CT molecular complexity index is 944. The van der Waals surface area contributed by atoms with Crippen LogP contribution in [0.2, 0.25) is 0 Å². The molecule has 0 aliphatic carbocycles. The molecule has 3 aromatic heterocycles. The molecule has 26 heavy (non-hydrogen) atoms. The second-order valence-electron chi connectivity index (χ2n) is 5.51. The van der Waals surface area contributed by atoms with E-state index in [9.17, 15) is 0 Å². The third kappa shape index (κ3) is 3.42. The van der Waals surface area contributed by atoms with E-state index in [1.165, 1.54) is 18.3 Å². The van der Waals surface area contributed by atoms with E-state index < -0.39 is 0 Å². The van der Waals surface area contributed by atoms with Crippen molar-refractivity contribution in [2.24, 2.45) is 0 Å². The summed E-state index contributed by atoms with van der Waals surface area (Å²) in [6.07, 6.45) is 8.09. The van der Waals surface area contributed by atoms with Crippen molar-refractivity contribution in [2.45, 2.75) is 12.2 Å². The molecule has 0 saturated heterocycles. The number of benzene rings is 1. The fourth-order valence-electron chi connectivity index (χ4n) is 2.49. The highest BCUT2D eigenvalue weighted by molar-refractivity contribution is 8.01. The minimum Gasteiger partial charge on any atom is -0.343 e. The molecule has 0 saturated carbocycles. The first-order valence-electron chi connectivity index (χ1n) is 7.86. The van der Waals surface area contributed by atoms with E-state index in [4.69, 9.17) is 4.52 Å². The van der Waals surface area contributed by atoms with Gasteiger partial charge in [0.25, 0.3) is 0 Å². The molecule has 0 fully saturated rings. The molecule has 8 nitrogen and oxygen atoms in total. The van der Waals surface area contributed by atoms with E-state index in [0.29, 0.717) is 5.82 Å². The molecule has 0 aliphatic rings. The zero-order valence-corrected chi connectivity index (χ0v) is 14.7. The first kappa shape index (κ1) is 16.3. The van der Waals surface area contributed by atoms with Crippen LogP contribution in [0.5, 0.6) is 0 Å². The van der Waals surface area contributed by atoms with E-state index in [1.54, 1.807) is 29.7 Å². The molecule has 0 amide bonds. The Hall–Kier alpha value is -3.20. The maximum Gasteiger partial charge on any atom is 0.213 e. The van der Waals surface area contributed by atoms with Crippen molar-refractivity contribution in [3.8, 4) is 0 Å². The highest BCUT2D eigenvalue weighted by atomic mass is 32.2. The van der Waals surface area contributed by atoms with Gasteiger partial charge in [0.15, 0.2) is 5.82 Å². The Labute approximate surface area is 154 Å². The van der Waals surface area contributed by atoms with Gasteiger partial charge >= 0.3 is 0 Å². The van der Waals surface area contributed by atoms with Crippen LogP contribution in [0.1, 0.15) is 22.2 Å². The molecule has 1 atom stereocenters. The van der Waals surface area contributed by atoms with Crippen molar-refractivity contribution >= 4 is 17.6 Å². The molecule has 1 unspecified atom stereocenters. The van der Waals surface area contributed by atoms with E-state index in [2.05, 4.69) is 50.4 Å². The minimum atomic E-state index is -0.177. The van der Waals surface area contributed by atoms with Crippen molar-refractivity contribution in [3.63, 3.8) is 0 Å². The molecule has 0 aliphatic heterocycles. The Kier molecular flexibility index (Phi) is 4.61. The van der Waals surface area contributed by atoms with Crippen LogP contribution in [-0.2, 0) is 0 Å². The van der Waals surface area contributed by atoms with Crippen LogP contribution in [0.25, 0.3) is 0 Å². The van der Waals surface area contributed by atoms with Gasteiger partial charge in [-0.1, -0.05) is 35.0 Å². The second kappa shape index (κ2) is 7.36. The Morgan fingerprint density at radius 2 is 1.92 bits per heavy atom. The largest absolute Gasteiger partial charge is 0.343 e. The van der Waals surface area contributed by atoms with Crippen molar-refractivity contribution in [1.82, 2.24) is 30.0 Å². The molecule has 130 valence electrons. The highest BCUT2D eigenvalue weighted by Crippen LogP contribution is 2.38. The van der Waals surface area contributed by atoms with Gasteiger partial charge in [-0.2, -0.15) is 4.98 Å². The summed E-state index contributed by atoms with van der Waals surface area (Å²) in [5.41, 5.74) is 3.16. The summed E-state index contributed by atoms with van der Waals surface area (Å²) in [5.74, 6) is 0.590.